The summed E-state index contributed by atoms with van der Waals surface area (Å²) in [7, 11) is 1.63. The molecule has 2 aromatic rings. The van der Waals surface area contributed by atoms with Gasteiger partial charge < -0.3 is 15.0 Å². The molecule has 0 saturated carbocycles. The van der Waals surface area contributed by atoms with Crippen molar-refractivity contribution < 1.29 is 9.26 Å². The van der Waals surface area contributed by atoms with Crippen molar-refractivity contribution in [3.05, 3.63) is 24.1 Å². The van der Waals surface area contributed by atoms with E-state index >= 15 is 0 Å². The Kier molecular flexibility index (Phi) is 3.33. The molecule has 0 amide bonds. The van der Waals surface area contributed by atoms with Crippen molar-refractivity contribution in [2.24, 2.45) is 0 Å². The van der Waals surface area contributed by atoms with Gasteiger partial charge >= 0.3 is 0 Å². The lowest BCUT2D eigenvalue weighted by atomic mass is 10.0. The van der Waals surface area contributed by atoms with Gasteiger partial charge in [-0.2, -0.15) is 10.1 Å². The number of nitrogens with two attached hydrogens (primary N) is 1. The van der Waals surface area contributed by atoms with E-state index < -0.39 is 5.60 Å². The summed E-state index contributed by atoms with van der Waals surface area (Å²) in [5.41, 5.74) is 5.66. The smallest absolute Gasteiger partial charge is 0.248 e. The molecule has 0 aliphatic rings. The van der Waals surface area contributed by atoms with E-state index in [1.807, 2.05) is 13.8 Å². The van der Waals surface area contributed by atoms with Gasteiger partial charge in [0.1, 0.15) is 12.1 Å². The molecule has 0 aliphatic heterocycles. The van der Waals surface area contributed by atoms with Crippen LogP contribution in [0.25, 0.3) is 0 Å². The van der Waals surface area contributed by atoms with E-state index in [1.165, 1.54) is 0 Å². The van der Waals surface area contributed by atoms with Crippen LogP contribution in [0.5, 0.6) is 0 Å². The lowest BCUT2D eigenvalue weighted by Gasteiger charge is -2.21. The highest BCUT2D eigenvalue weighted by atomic mass is 16.5. The van der Waals surface area contributed by atoms with Crippen LogP contribution < -0.4 is 5.73 Å². The average molecular weight is 251 g/mol. The third kappa shape index (κ3) is 2.35. The first kappa shape index (κ1) is 12.6. The number of aromatic nitrogens is 4. The summed E-state index contributed by atoms with van der Waals surface area (Å²) in [4.78, 5) is 4.32. The maximum Gasteiger partial charge on any atom is 0.248 e. The molecule has 7 nitrogen and oxygen atoms in total. The van der Waals surface area contributed by atoms with Crippen LogP contribution in [0.1, 0.15) is 32.0 Å². The van der Waals surface area contributed by atoms with Gasteiger partial charge in [-0.3, -0.25) is 4.68 Å². The third-order valence-corrected chi connectivity index (χ3v) is 3.02. The SMILES string of the molecule is CCC(C)(OC)c1noc(Cn2cc(N)cn2)n1. The molecule has 1 atom stereocenters. The lowest BCUT2D eigenvalue weighted by molar-refractivity contribution is -0.0106. The molecular weight excluding hydrogens is 234 g/mol. The number of methoxy groups -OCH3 is 1. The number of hydrogen-bond donors (Lipinski definition) is 1. The van der Waals surface area contributed by atoms with Gasteiger partial charge in [-0.05, 0) is 13.3 Å². The van der Waals surface area contributed by atoms with Crippen LogP contribution in [-0.4, -0.2) is 27.0 Å². The normalized spacial score (nSPS) is 14.6. The molecule has 0 fully saturated rings. The highest BCUT2D eigenvalue weighted by molar-refractivity contribution is 5.30. The van der Waals surface area contributed by atoms with E-state index in [4.69, 9.17) is 15.0 Å². The van der Waals surface area contributed by atoms with E-state index in [9.17, 15) is 0 Å². The second-order valence-corrected chi connectivity index (χ2v) is 4.27. The standard InChI is InChI=1S/C11H17N5O2/c1-4-11(2,17-3)10-14-9(18-15-10)7-16-6-8(12)5-13-16/h5-6H,4,7,12H2,1-3H3. The molecule has 0 saturated heterocycles. The number of rotatable bonds is 5. The van der Waals surface area contributed by atoms with E-state index in [0.29, 0.717) is 23.9 Å². The van der Waals surface area contributed by atoms with Crippen molar-refractivity contribution in [2.45, 2.75) is 32.4 Å². The van der Waals surface area contributed by atoms with E-state index in [-0.39, 0.29) is 0 Å². The summed E-state index contributed by atoms with van der Waals surface area (Å²) < 4.78 is 12.2. The second-order valence-electron chi connectivity index (χ2n) is 4.27. The summed E-state index contributed by atoms with van der Waals surface area (Å²) in [6.07, 6.45) is 4.04. The summed E-state index contributed by atoms with van der Waals surface area (Å²) >= 11 is 0. The number of hydrogen-bond acceptors (Lipinski definition) is 6. The van der Waals surface area contributed by atoms with Gasteiger partial charge in [0.05, 0.1) is 11.9 Å². The fourth-order valence-electron chi connectivity index (χ4n) is 1.53. The zero-order valence-electron chi connectivity index (χ0n) is 10.8. The van der Waals surface area contributed by atoms with Crippen molar-refractivity contribution in [2.75, 3.05) is 12.8 Å². The first-order valence-corrected chi connectivity index (χ1v) is 5.73. The predicted molar refractivity (Wildman–Crippen MR) is 64.7 cm³/mol. The van der Waals surface area contributed by atoms with Crippen molar-refractivity contribution in [3.8, 4) is 0 Å². The van der Waals surface area contributed by atoms with Crippen LogP contribution in [0.15, 0.2) is 16.9 Å². The van der Waals surface area contributed by atoms with Gasteiger partial charge in [-0.15, -0.1) is 0 Å². The van der Waals surface area contributed by atoms with Crippen LogP contribution in [0.4, 0.5) is 5.69 Å². The zero-order chi connectivity index (χ0) is 13.2. The lowest BCUT2D eigenvalue weighted by Crippen LogP contribution is -2.24. The first-order chi connectivity index (χ1) is 8.57. The minimum absolute atomic E-state index is 0.397. The number of ether oxygens (including phenoxy) is 1. The Labute approximate surface area is 105 Å². The van der Waals surface area contributed by atoms with Crippen molar-refractivity contribution >= 4 is 5.69 Å². The Morgan fingerprint density at radius 3 is 2.89 bits per heavy atom. The van der Waals surface area contributed by atoms with E-state index in [1.54, 1.807) is 24.2 Å². The van der Waals surface area contributed by atoms with Crippen molar-refractivity contribution in [3.63, 3.8) is 0 Å². The number of nitrogens with zero attached hydrogens (tertiary/aromatic N) is 4. The Morgan fingerprint density at radius 2 is 2.33 bits per heavy atom. The minimum Gasteiger partial charge on any atom is -0.396 e. The van der Waals surface area contributed by atoms with E-state index in [0.717, 1.165) is 6.42 Å². The minimum atomic E-state index is -0.523. The molecule has 7 heteroatoms. The molecule has 2 aromatic heterocycles. The van der Waals surface area contributed by atoms with Gasteiger partial charge in [-0.1, -0.05) is 12.1 Å². The maximum absolute atomic E-state index is 5.58. The Balaban J connectivity index is 2.15. The highest BCUT2D eigenvalue weighted by Gasteiger charge is 2.29. The Hall–Kier alpha value is -1.89. The van der Waals surface area contributed by atoms with E-state index in [2.05, 4.69) is 15.2 Å². The molecule has 1 unspecified atom stereocenters. The number of nitrogen functional groups attached to an aromatic ring is 1. The predicted octanol–water partition coefficient (Wildman–Crippen LogP) is 1.17. The summed E-state index contributed by atoms with van der Waals surface area (Å²) in [6.45, 7) is 4.33. The second kappa shape index (κ2) is 4.77. The molecule has 2 N–H and O–H groups in total. The fraction of sp³-hybridized carbons (Fsp3) is 0.545. The van der Waals surface area contributed by atoms with Gasteiger partial charge in [0, 0.05) is 13.3 Å². The average Bonchev–Trinajstić information content (AvgIpc) is 2.98. The first-order valence-electron chi connectivity index (χ1n) is 5.73. The van der Waals surface area contributed by atoms with Gasteiger partial charge in [-0.25, -0.2) is 0 Å². The third-order valence-electron chi connectivity index (χ3n) is 3.02. The fourth-order valence-corrected chi connectivity index (χ4v) is 1.53. The highest BCUT2D eigenvalue weighted by Crippen LogP contribution is 2.25. The summed E-state index contributed by atoms with van der Waals surface area (Å²) in [5.74, 6) is 1.02. The van der Waals surface area contributed by atoms with Gasteiger partial charge in [0.15, 0.2) is 0 Å². The molecule has 18 heavy (non-hydrogen) atoms. The Morgan fingerprint density at radius 1 is 1.56 bits per heavy atom. The molecule has 0 bridgehead atoms. The summed E-state index contributed by atoms with van der Waals surface area (Å²) in [5, 5.41) is 8.00. The monoisotopic (exact) mass is 251 g/mol. The molecule has 0 spiro atoms. The molecule has 0 radical (unpaired) electrons. The molecule has 0 aliphatic carbocycles. The van der Waals surface area contributed by atoms with Gasteiger partial charge in [0.25, 0.3) is 0 Å². The van der Waals surface area contributed by atoms with Crippen molar-refractivity contribution in [1.82, 2.24) is 19.9 Å². The topological polar surface area (TPSA) is 92.0 Å². The van der Waals surface area contributed by atoms with Crippen LogP contribution in [0.2, 0.25) is 0 Å². The molecule has 98 valence electrons. The summed E-state index contributed by atoms with van der Waals surface area (Å²) in [6, 6.07) is 0. The number of anilines is 1. The zero-order valence-corrected chi connectivity index (χ0v) is 10.8. The van der Waals surface area contributed by atoms with Crippen molar-refractivity contribution in [1.29, 1.82) is 0 Å². The van der Waals surface area contributed by atoms with Crippen LogP contribution in [0, 0.1) is 0 Å². The quantitative estimate of drug-likeness (QED) is 0.857. The Bertz CT molecular complexity index is 515. The maximum atomic E-state index is 5.58. The largest absolute Gasteiger partial charge is 0.396 e. The molecule has 2 rings (SSSR count). The van der Waals surface area contributed by atoms with Gasteiger partial charge in [0.2, 0.25) is 11.7 Å². The molecule has 2 heterocycles. The van der Waals surface area contributed by atoms with Crippen LogP contribution in [0.3, 0.4) is 0 Å². The van der Waals surface area contributed by atoms with Crippen LogP contribution in [-0.2, 0) is 16.9 Å². The molecular formula is C11H17N5O2. The van der Waals surface area contributed by atoms with Crippen LogP contribution >= 0.6 is 0 Å². The molecule has 0 aromatic carbocycles.